The number of nitrogens with one attached hydrogen (secondary N) is 1. The van der Waals surface area contributed by atoms with Crippen molar-refractivity contribution in [1.82, 2.24) is 14.4 Å². The third-order valence-electron chi connectivity index (χ3n) is 3.44. The summed E-state index contributed by atoms with van der Waals surface area (Å²) >= 11 is 6.01. The maximum atomic E-state index is 13.1. The van der Waals surface area contributed by atoms with Gasteiger partial charge >= 0.3 is 6.18 Å². The van der Waals surface area contributed by atoms with Crippen molar-refractivity contribution in [2.45, 2.75) is 6.18 Å². The molecule has 0 radical (unpaired) electrons. The fourth-order valence-corrected chi connectivity index (χ4v) is 2.59. The van der Waals surface area contributed by atoms with Gasteiger partial charge in [-0.15, -0.1) is 0 Å². The van der Waals surface area contributed by atoms with Crippen LogP contribution < -0.4 is 10.9 Å². The van der Waals surface area contributed by atoms with E-state index in [9.17, 15) is 18.0 Å². The van der Waals surface area contributed by atoms with E-state index in [0.29, 0.717) is 0 Å². The minimum absolute atomic E-state index is 0.00733. The first-order valence-corrected chi connectivity index (χ1v) is 7.13. The number of hydrogen-bond donors (Lipinski definition) is 1. The molecule has 24 heavy (non-hydrogen) atoms. The molecule has 9 heteroatoms. The molecule has 1 N–H and O–H groups in total. The Morgan fingerprint density at radius 3 is 2.67 bits per heavy atom. The van der Waals surface area contributed by atoms with Crippen LogP contribution in [0.4, 0.5) is 19.1 Å². The second kappa shape index (κ2) is 5.79. The maximum Gasteiger partial charge on any atom is 0.416 e. The number of anilines is 1. The third kappa shape index (κ3) is 2.69. The van der Waals surface area contributed by atoms with E-state index in [1.54, 1.807) is 0 Å². The maximum absolute atomic E-state index is 13.1. The van der Waals surface area contributed by atoms with Gasteiger partial charge in [0.25, 0.3) is 5.56 Å². The zero-order valence-corrected chi connectivity index (χ0v) is 13.0. The fourth-order valence-electron chi connectivity index (χ4n) is 2.37. The molecule has 124 valence electrons. The molecule has 0 atom stereocenters. The van der Waals surface area contributed by atoms with Crippen LogP contribution in [-0.2, 0) is 6.18 Å². The SMILES string of the molecule is CNc1nc(=O)c(-c2cccnc2Cl)c2cc(C(F)(F)F)ccn12. The predicted octanol–water partition coefficient (Wildman–Crippen LogP) is 3.47. The highest BCUT2D eigenvalue weighted by molar-refractivity contribution is 6.32. The molecule has 0 saturated heterocycles. The minimum atomic E-state index is -4.54. The molecular weight excluding hydrogens is 345 g/mol. The minimum Gasteiger partial charge on any atom is -0.358 e. The van der Waals surface area contributed by atoms with Crippen LogP contribution in [0.25, 0.3) is 16.6 Å². The van der Waals surface area contributed by atoms with E-state index < -0.39 is 17.3 Å². The molecule has 0 bridgehead atoms. The molecular formula is C15H10ClF3N4O. The van der Waals surface area contributed by atoms with Gasteiger partial charge in [0, 0.05) is 25.0 Å². The monoisotopic (exact) mass is 354 g/mol. The predicted molar refractivity (Wildman–Crippen MR) is 84.3 cm³/mol. The quantitative estimate of drug-likeness (QED) is 0.716. The molecule has 3 rings (SSSR count). The smallest absolute Gasteiger partial charge is 0.358 e. The Hall–Kier alpha value is -2.61. The lowest BCUT2D eigenvalue weighted by molar-refractivity contribution is -0.137. The first-order chi connectivity index (χ1) is 11.3. The van der Waals surface area contributed by atoms with Gasteiger partial charge < -0.3 is 5.32 Å². The van der Waals surface area contributed by atoms with E-state index in [4.69, 9.17) is 11.6 Å². The van der Waals surface area contributed by atoms with Crippen LogP contribution in [0.5, 0.6) is 0 Å². The van der Waals surface area contributed by atoms with Gasteiger partial charge in [0.2, 0.25) is 5.95 Å². The lowest BCUT2D eigenvalue weighted by Gasteiger charge is -2.14. The van der Waals surface area contributed by atoms with Crippen LogP contribution in [0, 0.1) is 0 Å². The lowest BCUT2D eigenvalue weighted by Crippen LogP contribution is -2.18. The molecule has 0 unspecified atom stereocenters. The van der Waals surface area contributed by atoms with Crippen molar-refractivity contribution in [2.24, 2.45) is 0 Å². The van der Waals surface area contributed by atoms with Crippen LogP contribution in [0.3, 0.4) is 0 Å². The average molecular weight is 355 g/mol. The van der Waals surface area contributed by atoms with Crippen molar-refractivity contribution < 1.29 is 13.2 Å². The van der Waals surface area contributed by atoms with Crippen LogP contribution >= 0.6 is 11.6 Å². The zero-order chi connectivity index (χ0) is 17.5. The Kier molecular flexibility index (Phi) is 3.92. The summed E-state index contributed by atoms with van der Waals surface area (Å²) in [6.45, 7) is 0. The first-order valence-electron chi connectivity index (χ1n) is 6.75. The highest BCUT2D eigenvalue weighted by atomic mass is 35.5. The van der Waals surface area contributed by atoms with Crippen molar-refractivity contribution in [3.63, 3.8) is 0 Å². The molecule has 0 aromatic carbocycles. The van der Waals surface area contributed by atoms with Crippen molar-refractivity contribution in [1.29, 1.82) is 0 Å². The van der Waals surface area contributed by atoms with E-state index in [0.717, 1.165) is 12.1 Å². The standard InChI is InChI=1S/C15H10ClF3N4O/c1-20-14-22-13(24)11(9-3-2-5-21-12(9)16)10-7-8(15(17,18)19)4-6-23(10)14/h2-7H,1H3,(H,20,22,24). The number of fused-ring (bicyclic) bond motifs is 1. The summed E-state index contributed by atoms with van der Waals surface area (Å²) in [6.07, 6.45) is -1.93. The van der Waals surface area contributed by atoms with Crippen molar-refractivity contribution >= 4 is 23.1 Å². The van der Waals surface area contributed by atoms with E-state index >= 15 is 0 Å². The number of hydrogen-bond acceptors (Lipinski definition) is 4. The number of nitrogens with zero attached hydrogens (tertiary/aromatic N) is 3. The summed E-state index contributed by atoms with van der Waals surface area (Å²) in [5, 5.41) is 2.69. The Bertz CT molecular complexity index is 985. The summed E-state index contributed by atoms with van der Waals surface area (Å²) in [5.74, 6) is 0.118. The second-order valence-corrected chi connectivity index (χ2v) is 5.23. The zero-order valence-electron chi connectivity index (χ0n) is 12.2. The highest BCUT2D eigenvalue weighted by Crippen LogP contribution is 2.33. The van der Waals surface area contributed by atoms with E-state index in [1.165, 1.54) is 36.0 Å². The normalized spacial score (nSPS) is 11.7. The largest absolute Gasteiger partial charge is 0.416 e. The molecule has 0 amide bonds. The van der Waals surface area contributed by atoms with Gasteiger partial charge in [0.05, 0.1) is 16.6 Å². The van der Waals surface area contributed by atoms with Crippen LogP contribution in [0.15, 0.2) is 41.5 Å². The number of rotatable bonds is 2. The van der Waals surface area contributed by atoms with Crippen LogP contribution in [-0.4, -0.2) is 21.4 Å². The number of pyridine rings is 2. The van der Waals surface area contributed by atoms with Crippen molar-refractivity contribution in [3.05, 3.63) is 57.7 Å². The number of aromatic nitrogens is 3. The summed E-state index contributed by atoms with van der Waals surface area (Å²) in [6, 6.07) is 4.85. The van der Waals surface area contributed by atoms with Crippen LogP contribution in [0.1, 0.15) is 5.56 Å². The Labute approximate surface area is 138 Å². The molecule has 3 aromatic heterocycles. The van der Waals surface area contributed by atoms with Gasteiger partial charge in [0.1, 0.15) is 5.15 Å². The Morgan fingerprint density at radius 1 is 1.29 bits per heavy atom. The number of halogens is 4. The average Bonchev–Trinajstić information content (AvgIpc) is 2.54. The van der Waals surface area contributed by atoms with E-state index in [2.05, 4.69) is 15.3 Å². The molecule has 0 saturated carbocycles. The molecule has 3 heterocycles. The van der Waals surface area contributed by atoms with Gasteiger partial charge in [-0.2, -0.15) is 18.2 Å². The lowest BCUT2D eigenvalue weighted by atomic mass is 10.1. The molecule has 3 aromatic rings. The summed E-state index contributed by atoms with van der Waals surface area (Å²) in [4.78, 5) is 20.1. The molecule has 0 aliphatic heterocycles. The number of alkyl halides is 3. The molecule has 0 spiro atoms. The summed E-state index contributed by atoms with van der Waals surface area (Å²) in [5.41, 5.74) is -1.37. The topological polar surface area (TPSA) is 59.3 Å². The Morgan fingerprint density at radius 2 is 2.04 bits per heavy atom. The van der Waals surface area contributed by atoms with Crippen LogP contribution in [0.2, 0.25) is 5.15 Å². The molecule has 0 aliphatic carbocycles. The molecule has 0 fully saturated rings. The second-order valence-electron chi connectivity index (χ2n) is 4.88. The van der Waals surface area contributed by atoms with Gasteiger partial charge in [-0.1, -0.05) is 11.6 Å². The summed E-state index contributed by atoms with van der Waals surface area (Å²) in [7, 11) is 1.52. The van der Waals surface area contributed by atoms with E-state index in [-0.39, 0.29) is 27.7 Å². The van der Waals surface area contributed by atoms with Gasteiger partial charge in [-0.25, -0.2) is 4.98 Å². The fraction of sp³-hybridized carbons (Fsp3) is 0.133. The first kappa shape index (κ1) is 16.3. The third-order valence-corrected chi connectivity index (χ3v) is 3.74. The van der Waals surface area contributed by atoms with Gasteiger partial charge in [-0.3, -0.25) is 9.20 Å². The van der Waals surface area contributed by atoms with E-state index in [1.807, 2.05) is 0 Å². The molecule has 5 nitrogen and oxygen atoms in total. The Balaban J connectivity index is 2.46. The molecule has 0 aliphatic rings. The van der Waals surface area contributed by atoms with Crippen molar-refractivity contribution in [3.8, 4) is 11.1 Å². The van der Waals surface area contributed by atoms with Gasteiger partial charge in [-0.05, 0) is 24.3 Å². The van der Waals surface area contributed by atoms with Gasteiger partial charge in [0.15, 0.2) is 0 Å². The van der Waals surface area contributed by atoms with Crippen molar-refractivity contribution in [2.75, 3.05) is 12.4 Å². The highest BCUT2D eigenvalue weighted by Gasteiger charge is 2.31. The summed E-state index contributed by atoms with van der Waals surface area (Å²) < 4.78 is 40.5.